The highest BCUT2D eigenvalue weighted by Crippen LogP contribution is 2.52. The maximum atomic E-state index is 10.6. The van der Waals surface area contributed by atoms with Crippen molar-refractivity contribution in [1.29, 1.82) is 0 Å². The van der Waals surface area contributed by atoms with E-state index < -0.39 is 12.1 Å². The van der Waals surface area contributed by atoms with Gasteiger partial charge >= 0.3 is 12.1 Å². The number of aromatic nitrogens is 3. The Kier molecular flexibility index (Phi) is 7.30. The summed E-state index contributed by atoms with van der Waals surface area (Å²) < 4.78 is 38.1. The van der Waals surface area contributed by atoms with Crippen LogP contribution in [0.2, 0.25) is 0 Å². The fourth-order valence-electron chi connectivity index (χ4n) is 4.76. The molecule has 0 radical (unpaired) electrons. The number of anilines is 1. The fraction of sp³-hybridized carbons (Fsp3) is 0.360. The summed E-state index contributed by atoms with van der Waals surface area (Å²) in [6.45, 7) is 2.61. The first-order valence-electron chi connectivity index (χ1n) is 11.2. The van der Waals surface area contributed by atoms with E-state index in [1.54, 1.807) is 18.6 Å². The summed E-state index contributed by atoms with van der Waals surface area (Å²) in [6.07, 6.45) is 7.41. The Morgan fingerprint density at radius 1 is 1.06 bits per heavy atom. The number of carboxylic acid groups (broad SMARTS) is 1. The standard InChI is InChI=1S/C23H24N4O.C2HF3O2/c1-2-6-20-19(5-1)21(28-17-18-4-3-9-24-15-18)14-23(20)7-12-27(13-8-23)22-16-25-10-11-26-22;3-2(4,5)1(6)7/h1-6,9-11,15-16,21H,7-8,12-14,17H2;(H,6,7). The number of piperidine rings is 1. The van der Waals surface area contributed by atoms with Crippen LogP contribution < -0.4 is 4.90 Å². The zero-order valence-corrected chi connectivity index (χ0v) is 18.9. The molecule has 1 aromatic carbocycles. The number of aliphatic carboxylic acids is 1. The number of pyridine rings is 1. The summed E-state index contributed by atoms with van der Waals surface area (Å²) in [6, 6.07) is 12.9. The SMILES string of the molecule is O=C(O)C(F)(F)F.c1cncc(COC2CC3(CCN(c4cnccn4)CC3)c3ccccc32)c1. The highest BCUT2D eigenvalue weighted by molar-refractivity contribution is 5.73. The van der Waals surface area contributed by atoms with Gasteiger partial charge in [0.1, 0.15) is 5.82 Å². The topological polar surface area (TPSA) is 88.4 Å². The number of carbonyl (C=O) groups is 1. The zero-order chi connectivity index (χ0) is 24.9. The lowest BCUT2D eigenvalue weighted by Crippen LogP contribution is -2.42. The van der Waals surface area contributed by atoms with Crippen LogP contribution in [0, 0.1) is 0 Å². The molecule has 3 aromatic rings. The molecule has 1 unspecified atom stereocenters. The molecule has 5 rings (SSSR count). The molecule has 1 aliphatic carbocycles. The number of fused-ring (bicyclic) bond motifs is 2. The molecule has 10 heteroatoms. The maximum Gasteiger partial charge on any atom is 0.490 e. The summed E-state index contributed by atoms with van der Waals surface area (Å²) in [7, 11) is 0. The van der Waals surface area contributed by atoms with Gasteiger partial charge in [-0.1, -0.05) is 30.3 Å². The fourth-order valence-corrected chi connectivity index (χ4v) is 4.76. The third-order valence-corrected chi connectivity index (χ3v) is 6.47. The second-order valence-electron chi connectivity index (χ2n) is 8.59. The quantitative estimate of drug-likeness (QED) is 0.572. The van der Waals surface area contributed by atoms with Gasteiger partial charge in [-0.3, -0.25) is 9.97 Å². The van der Waals surface area contributed by atoms with Gasteiger partial charge in [0.15, 0.2) is 0 Å². The highest BCUT2D eigenvalue weighted by atomic mass is 19.4. The van der Waals surface area contributed by atoms with Crippen LogP contribution in [0.25, 0.3) is 0 Å². The Morgan fingerprint density at radius 2 is 1.77 bits per heavy atom. The van der Waals surface area contributed by atoms with Gasteiger partial charge in [0.2, 0.25) is 0 Å². The molecule has 0 saturated carbocycles. The van der Waals surface area contributed by atoms with Crippen LogP contribution in [0.5, 0.6) is 0 Å². The number of nitrogens with zero attached hydrogens (tertiary/aromatic N) is 4. The van der Waals surface area contributed by atoms with Crippen molar-refractivity contribution in [1.82, 2.24) is 15.0 Å². The summed E-state index contributed by atoms with van der Waals surface area (Å²) in [5, 5.41) is 7.12. The van der Waals surface area contributed by atoms with Gasteiger partial charge in [-0.15, -0.1) is 0 Å². The lowest BCUT2D eigenvalue weighted by atomic mass is 9.74. The summed E-state index contributed by atoms with van der Waals surface area (Å²) in [5.41, 5.74) is 4.16. The minimum Gasteiger partial charge on any atom is -0.475 e. The minimum atomic E-state index is -5.08. The summed E-state index contributed by atoms with van der Waals surface area (Å²) in [5.74, 6) is -1.78. The number of hydrogen-bond acceptors (Lipinski definition) is 6. The van der Waals surface area contributed by atoms with Crippen molar-refractivity contribution in [3.8, 4) is 0 Å². The largest absolute Gasteiger partial charge is 0.490 e. The number of alkyl halides is 3. The third-order valence-electron chi connectivity index (χ3n) is 6.47. The minimum absolute atomic E-state index is 0.152. The Bertz CT molecular complexity index is 1120. The Balaban J connectivity index is 0.000000364. The molecule has 1 aliphatic heterocycles. The predicted molar refractivity (Wildman–Crippen MR) is 122 cm³/mol. The predicted octanol–water partition coefficient (Wildman–Crippen LogP) is 4.70. The van der Waals surface area contributed by atoms with Gasteiger partial charge in [-0.05, 0) is 42.0 Å². The van der Waals surface area contributed by atoms with Crippen LogP contribution >= 0.6 is 0 Å². The van der Waals surface area contributed by atoms with E-state index in [2.05, 4.69) is 50.2 Å². The molecule has 1 spiro atoms. The maximum absolute atomic E-state index is 10.6. The van der Waals surface area contributed by atoms with Gasteiger partial charge in [-0.25, -0.2) is 9.78 Å². The number of ether oxygens (including phenoxy) is 1. The first kappa shape index (κ1) is 24.6. The molecule has 7 nitrogen and oxygen atoms in total. The van der Waals surface area contributed by atoms with E-state index in [4.69, 9.17) is 14.6 Å². The average Bonchev–Trinajstić information content (AvgIpc) is 3.17. The lowest BCUT2D eigenvalue weighted by Gasteiger charge is -2.40. The van der Waals surface area contributed by atoms with Crippen molar-refractivity contribution in [2.75, 3.05) is 18.0 Å². The molecule has 2 aromatic heterocycles. The van der Waals surface area contributed by atoms with Crippen molar-refractivity contribution >= 4 is 11.8 Å². The molecule has 35 heavy (non-hydrogen) atoms. The highest BCUT2D eigenvalue weighted by Gasteiger charge is 2.46. The van der Waals surface area contributed by atoms with E-state index >= 15 is 0 Å². The lowest BCUT2D eigenvalue weighted by molar-refractivity contribution is -0.192. The smallest absolute Gasteiger partial charge is 0.475 e. The molecule has 1 fully saturated rings. The molecular weight excluding hydrogens is 461 g/mol. The average molecular weight is 486 g/mol. The Hall–Kier alpha value is -3.53. The molecular formula is C25H25F3N4O3. The van der Waals surface area contributed by atoms with Crippen molar-refractivity contribution in [3.63, 3.8) is 0 Å². The van der Waals surface area contributed by atoms with Gasteiger partial charge in [0, 0.05) is 43.3 Å². The van der Waals surface area contributed by atoms with Gasteiger partial charge in [-0.2, -0.15) is 13.2 Å². The van der Waals surface area contributed by atoms with Crippen LogP contribution in [0.15, 0.2) is 67.4 Å². The first-order valence-corrected chi connectivity index (χ1v) is 11.2. The van der Waals surface area contributed by atoms with E-state index in [0.29, 0.717) is 6.61 Å². The van der Waals surface area contributed by atoms with E-state index in [1.165, 1.54) is 11.1 Å². The summed E-state index contributed by atoms with van der Waals surface area (Å²) >= 11 is 0. The van der Waals surface area contributed by atoms with Crippen molar-refractivity contribution in [2.45, 2.75) is 43.6 Å². The molecule has 3 heterocycles. The van der Waals surface area contributed by atoms with E-state index in [-0.39, 0.29) is 11.5 Å². The number of halogens is 3. The molecule has 1 atom stereocenters. The molecule has 184 valence electrons. The van der Waals surface area contributed by atoms with Crippen molar-refractivity contribution in [2.24, 2.45) is 0 Å². The van der Waals surface area contributed by atoms with E-state index in [9.17, 15) is 13.2 Å². The molecule has 0 bridgehead atoms. The zero-order valence-electron chi connectivity index (χ0n) is 18.9. The number of hydrogen-bond donors (Lipinski definition) is 1. The first-order chi connectivity index (χ1) is 16.8. The molecule has 1 N–H and O–H groups in total. The Labute approximate surface area is 200 Å². The van der Waals surface area contributed by atoms with Crippen molar-refractivity contribution in [3.05, 3.63) is 84.1 Å². The number of rotatable bonds is 4. The van der Waals surface area contributed by atoms with Crippen LogP contribution in [0.4, 0.5) is 19.0 Å². The van der Waals surface area contributed by atoms with E-state index in [0.717, 1.165) is 43.7 Å². The monoisotopic (exact) mass is 486 g/mol. The van der Waals surface area contributed by atoms with Crippen molar-refractivity contribution < 1.29 is 27.8 Å². The third kappa shape index (κ3) is 5.76. The number of carboxylic acids is 1. The van der Waals surface area contributed by atoms with Crippen LogP contribution in [0.1, 0.15) is 42.1 Å². The second kappa shape index (κ2) is 10.4. The summed E-state index contributed by atoms with van der Waals surface area (Å²) in [4.78, 5) is 24.1. The van der Waals surface area contributed by atoms with Gasteiger partial charge < -0.3 is 14.7 Å². The molecule has 2 aliphatic rings. The van der Waals surface area contributed by atoms with Crippen LogP contribution in [-0.4, -0.2) is 45.3 Å². The molecule has 0 amide bonds. The number of benzene rings is 1. The van der Waals surface area contributed by atoms with Gasteiger partial charge in [0.25, 0.3) is 0 Å². The van der Waals surface area contributed by atoms with Crippen LogP contribution in [-0.2, 0) is 21.6 Å². The molecule has 1 saturated heterocycles. The van der Waals surface area contributed by atoms with E-state index in [1.807, 2.05) is 18.5 Å². The van der Waals surface area contributed by atoms with Gasteiger partial charge in [0.05, 0.1) is 18.9 Å². The van der Waals surface area contributed by atoms with Crippen LogP contribution in [0.3, 0.4) is 0 Å². The Morgan fingerprint density at radius 3 is 2.40 bits per heavy atom. The second-order valence-corrected chi connectivity index (χ2v) is 8.59. The normalized spacial score (nSPS) is 18.5.